The molecule has 0 bridgehead atoms. The molecule has 0 spiro atoms. The van der Waals surface area contributed by atoms with Crippen molar-refractivity contribution < 1.29 is 14.1 Å². The van der Waals surface area contributed by atoms with E-state index in [1.165, 1.54) is 0 Å². The van der Waals surface area contributed by atoms with E-state index < -0.39 is 0 Å². The second-order valence-corrected chi connectivity index (χ2v) is 5.23. The van der Waals surface area contributed by atoms with Gasteiger partial charge in [0.25, 0.3) is 5.82 Å². The van der Waals surface area contributed by atoms with Crippen molar-refractivity contribution in [1.29, 1.82) is 0 Å². The molecule has 2 aromatic rings. The van der Waals surface area contributed by atoms with E-state index in [0.717, 1.165) is 30.7 Å². The minimum Gasteiger partial charge on any atom is -0.457 e. The van der Waals surface area contributed by atoms with Crippen molar-refractivity contribution in [1.82, 2.24) is 4.98 Å². The molecule has 1 heterocycles. The summed E-state index contributed by atoms with van der Waals surface area (Å²) < 4.78 is 7.59. The molecule has 21 heavy (non-hydrogen) atoms. The highest BCUT2D eigenvalue weighted by Gasteiger charge is 2.19. The molecular formula is C17H23N2O2+. The Morgan fingerprint density at radius 2 is 2.10 bits per heavy atom. The van der Waals surface area contributed by atoms with Crippen LogP contribution in [-0.4, -0.2) is 11.0 Å². The van der Waals surface area contributed by atoms with Gasteiger partial charge < -0.3 is 4.74 Å². The van der Waals surface area contributed by atoms with Gasteiger partial charge >= 0.3 is 5.97 Å². The lowest BCUT2D eigenvalue weighted by atomic mass is 10.0. The average molecular weight is 287 g/mol. The molecule has 4 heteroatoms. The summed E-state index contributed by atoms with van der Waals surface area (Å²) in [6.45, 7) is 2.14. The summed E-state index contributed by atoms with van der Waals surface area (Å²) in [4.78, 5) is 15.2. The second kappa shape index (κ2) is 7.62. The average Bonchev–Trinajstić information content (AvgIpc) is 2.89. The number of nitrogens with one attached hydrogen (secondary N) is 1. The van der Waals surface area contributed by atoms with E-state index in [-0.39, 0.29) is 18.5 Å². The van der Waals surface area contributed by atoms with Crippen molar-refractivity contribution in [2.45, 2.75) is 38.7 Å². The Labute approximate surface area is 125 Å². The predicted octanol–water partition coefficient (Wildman–Crippen LogP) is 2.86. The third-order valence-corrected chi connectivity index (χ3v) is 3.55. The number of carbonyl (C=O) groups excluding carboxylic acids is 1. The Morgan fingerprint density at radius 1 is 1.33 bits per heavy atom. The maximum absolute atomic E-state index is 12.2. The topological polar surface area (TPSA) is 46.0 Å². The Hall–Kier alpha value is -2.10. The molecule has 0 aliphatic heterocycles. The lowest BCUT2D eigenvalue weighted by Crippen LogP contribution is -2.32. The maximum Gasteiger partial charge on any atom is 0.318 e. The van der Waals surface area contributed by atoms with Crippen molar-refractivity contribution in [2.75, 3.05) is 0 Å². The number of ether oxygens (including phenoxy) is 1. The summed E-state index contributed by atoms with van der Waals surface area (Å²) in [5.41, 5.74) is 1.06. The number of unbranched alkanes of at least 4 members (excludes halogenated alkanes) is 1. The molecule has 0 radical (unpaired) electrons. The van der Waals surface area contributed by atoms with Gasteiger partial charge in [0.1, 0.15) is 24.9 Å². The molecule has 2 rings (SSSR count). The van der Waals surface area contributed by atoms with Crippen LogP contribution in [0.25, 0.3) is 0 Å². The van der Waals surface area contributed by atoms with Gasteiger partial charge in [-0.25, -0.2) is 9.55 Å². The normalized spacial score (nSPS) is 12.1. The molecular weight excluding hydrogens is 264 g/mol. The van der Waals surface area contributed by atoms with E-state index in [1.807, 2.05) is 54.3 Å². The van der Waals surface area contributed by atoms with Crippen LogP contribution in [0.15, 0.2) is 42.7 Å². The largest absolute Gasteiger partial charge is 0.457 e. The third kappa shape index (κ3) is 4.45. The van der Waals surface area contributed by atoms with Crippen LogP contribution in [0.1, 0.15) is 43.7 Å². The summed E-state index contributed by atoms with van der Waals surface area (Å²) in [5, 5.41) is 0. The zero-order chi connectivity index (χ0) is 15.1. The first-order valence-electron chi connectivity index (χ1n) is 7.47. The van der Waals surface area contributed by atoms with Crippen molar-refractivity contribution >= 4 is 5.97 Å². The van der Waals surface area contributed by atoms with Gasteiger partial charge in [-0.05, 0) is 18.4 Å². The Kier molecular flexibility index (Phi) is 5.55. The minimum absolute atomic E-state index is 0.154. The van der Waals surface area contributed by atoms with Crippen molar-refractivity contribution in [3.63, 3.8) is 0 Å². The number of aromatic amines is 1. The van der Waals surface area contributed by atoms with E-state index in [2.05, 4.69) is 11.9 Å². The van der Waals surface area contributed by atoms with Crippen LogP contribution in [0.2, 0.25) is 0 Å². The number of rotatable bonds is 7. The van der Waals surface area contributed by atoms with Gasteiger partial charge in [-0.15, -0.1) is 0 Å². The Morgan fingerprint density at radius 3 is 2.71 bits per heavy atom. The van der Waals surface area contributed by atoms with Crippen molar-refractivity contribution in [3.05, 3.63) is 54.1 Å². The van der Waals surface area contributed by atoms with Gasteiger partial charge in [0.2, 0.25) is 0 Å². The first-order chi connectivity index (χ1) is 10.2. The predicted molar refractivity (Wildman–Crippen MR) is 80.5 cm³/mol. The number of nitrogens with zero attached hydrogens (tertiary/aromatic N) is 1. The summed E-state index contributed by atoms with van der Waals surface area (Å²) in [5.74, 6) is 0.653. The van der Waals surface area contributed by atoms with E-state index in [4.69, 9.17) is 4.74 Å². The molecule has 0 fully saturated rings. The van der Waals surface area contributed by atoms with E-state index >= 15 is 0 Å². The van der Waals surface area contributed by atoms with Crippen molar-refractivity contribution in [3.8, 4) is 0 Å². The molecule has 1 aromatic carbocycles. The highest BCUT2D eigenvalue weighted by atomic mass is 16.5. The summed E-state index contributed by atoms with van der Waals surface area (Å²) in [6.07, 6.45) is 6.80. The van der Waals surface area contributed by atoms with Crippen LogP contribution in [-0.2, 0) is 23.0 Å². The molecule has 0 aliphatic carbocycles. The monoisotopic (exact) mass is 287 g/mol. The number of carbonyl (C=O) groups is 1. The number of hydrogen-bond donors (Lipinski definition) is 1. The maximum atomic E-state index is 12.2. The standard InChI is InChI=1S/C17H22N2O2/c1-3-4-10-15(14-8-6-5-7-9-14)21-17(20)13-16-18-11-12-19(16)2/h5-9,11-12,15H,3-4,10,13H2,1-2H3/p+1. The third-order valence-electron chi connectivity index (χ3n) is 3.55. The SMILES string of the molecule is CCCCC(OC(=O)Cc1[nH]cc[n+]1C)c1ccccc1. The van der Waals surface area contributed by atoms with Crippen LogP contribution in [0, 0.1) is 0 Å². The van der Waals surface area contributed by atoms with Crippen LogP contribution >= 0.6 is 0 Å². The smallest absolute Gasteiger partial charge is 0.318 e. The van der Waals surface area contributed by atoms with E-state index in [9.17, 15) is 4.79 Å². The Balaban J connectivity index is 2.01. The number of imidazole rings is 1. The zero-order valence-corrected chi connectivity index (χ0v) is 12.7. The second-order valence-electron chi connectivity index (χ2n) is 5.23. The molecule has 112 valence electrons. The lowest BCUT2D eigenvalue weighted by Gasteiger charge is -2.17. The van der Waals surface area contributed by atoms with Crippen LogP contribution in [0.3, 0.4) is 0 Å². The van der Waals surface area contributed by atoms with Gasteiger partial charge in [0.15, 0.2) is 0 Å². The fraction of sp³-hybridized carbons (Fsp3) is 0.412. The van der Waals surface area contributed by atoms with Crippen LogP contribution < -0.4 is 4.57 Å². The fourth-order valence-electron chi connectivity index (χ4n) is 2.30. The lowest BCUT2D eigenvalue weighted by molar-refractivity contribution is -0.677. The number of aromatic nitrogens is 2. The van der Waals surface area contributed by atoms with Gasteiger partial charge in [-0.2, -0.15) is 0 Å². The summed E-state index contributed by atoms with van der Waals surface area (Å²) in [6, 6.07) is 9.96. The molecule has 0 saturated heterocycles. The van der Waals surface area contributed by atoms with Gasteiger partial charge in [0.05, 0.1) is 7.05 Å². The number of H-pyrrole nitrogens is 1. The molecule has 1 atom stereocenters. The quantitative estimate of drug-likeness (QED) is 0.628. The number of esters is 1. The molecule has 0 amide bonds. The number of aryl methyl sites for hydroxylation is 1. The van der Waals surface area contributed by atoms with Crippen LogP contribution in [0.5, 0.6) is 0 Å². The van der Waals surface area contributed by atoms with E-state index in [0.29, 0.717) is 0 Å². The zero-order valence-electron chi connectivity index (χ0n) is 12.7. The highest BCUT2D eigenvalue weighted by Crippen LogP contribution is 2.23. The van der Waals surface area contributed by atoms with Crippen LogP contribution in [0.4, 0.5) is 0 Å². The molecule has 1 unspecified atom stereocenters. The molecule has 1 aromatic heterocycles. The van der Waals surface area contributed by atoms with Gasteiger partial charge in [-0.1, -0.05) is 43.7 Å². The van der Waals surface area contributed by atoms with Gasteiger partial charge in [-0.3, -0.25) is 4.79 Å². The summed E-state index contributed by atoms with van der Waals surface area (Å²) >= 11 is 0. The molecule has 0 saturated carbocycles. The van der Waals surface area contributed by atoms with Crippen molar-refractivity contribution in [2.24, 2.45) is 7.05 Å². The summed E-state index contributed by atoms with van der Waals surface area (Å²) in [7, 11) is 1.91. The highest BCUT2D eigenvalue weighted by molar-refractivity contribution is 5.71. The number of hydrogen-bond acceptors (Lipinski definition) is 2. The van der Waals surface area contributed by atoms with Gasteiger partial charge in [0, 0.05) is 0 Å². The molecule has 4 nitrogen and oxygen atoms in total. The minimum atomic E-state index is -0.196. The Bertz CT molecular complexity index is 563. The van der Waals surface area contributed by atoms with E-state index in [1.54, 1.807) is 0 Å². The number of benzene rings is 1. The molecule has 0 aliphatic rings. The first-order valence-corrected chi connectivity index (χ1v) is 7.47. The molecule has 1 N–H and O–H groups in total. The first kappa shape index (κ1) is 15.3. The fourth-order valence-corrected chi connectivity index (χ4v) is 2.30.